The zero-order valence-corrected chi connectivity index (χ0v) is 13.2. The maximum Gasteiger partial charge on any atom is 0.145 e. The first-order chi connectivity index (χ1) is 10.7. The van der Waals surface area contributed by atoms with Gasteiger partial charge < -0.3 is 10.1 Å². The number of nitrogens with one attached hydrogen (secondary N) is 1. The van der Waals surface area contributed by atoms with Crippen LogP contribution in [0.3, 0.4) is 0 Å². The first kappa shape index (κ1) is 15.0. The third-order valence-corrected chi connectivity index (χ3v) is 3.96. The summed E-state index contributed by atoms with van der Waals surface area (Å²) in [7, 11) is 0. The summed E-state index contributed by atoms with van der Waals surface area (Å²) in [5.74, 6) is 1.67. The molecule has 2 aromatic rings. The number of aryl methyl sites for hydroxylation is 1. The van der Waals surface area contributed by atoms with Crippen LogP contribution in [0.5, 0.6) is 11.5 Å². The third-order valence-electron chi connectivity index (χ3n) is 3.96. The Morgan fingerprint density at radius 2 is 2.27 bits per heavy atom. The lowest BCUT2D eigenvalue weighted by atomic mass is 10.1. The fourth-order valence-electron chi connectivity index (χ4n) is 2.87. The first-order valence-corrected chi connectivity index (χ1v) is 7.84. The minimum Gasteiger partial charge on any atom is -0.455 e. The Morgan fingerprint density at radius 3 is 3.00 bits per heavy atom. The van der Waals surface area contributed by atoms with Crippen molar-refractivity contribution in [2.75, 3.05) is 19.6 Å². The van der Waals surface area contributed by atoms with Crippen LogP contribution in [0.15, 0.2) is 42.7 Å². The van der Waals surface area contributed by atoms with E-state index in [-0.39, 0.29) is 0 Å². The predicted octanol–water partition coefficient (Wildman–Crippen LogP) is 2.98. The summed E-state index contributed by atoms with van der Waals surface area (Å²) >= 11 is 0. The van der Waals surface area contributed by atoms with Crippen molar-refractivity contribution in [2.45, 2.75) is 26.4 Å². The van der Waals surface area contributed by atoms with Crippen molar-refractivity contribution < 1.29 is 4.74 Å². The predicted molar refractivity (Wildman–Crippen MR) is 88.2 cm³/mol. The Bertz CT molecular complexity index is 615. The number of pyridine rings is 1. The summed E-state index contributed by atoms with van der Waals surface area (Å²) < 4.78 is 5.89. The molecule has 0 spiro atoms. The lowest BCUT2D eigenvalue weighted by Gasteiger charge is -2.31. The summed E-state index contributed by atoms with van der Waals surface area (Å²) in [5, 5.41) is 3.48. The molecule has 1 aromatic carbocycles. The molecule has 0 unspecified atom stereocenters. The number of hydrogen-bond acceptors (Lipinski definition) is 4. The van der Waals surface area contributed by atoms with Crippen molar-refractivity contribution in [2.24, 2.45) is 0 Å². The van der Waals surface area contributed by atoms with E-state index in [0.29, 0.717) is 6.04 Å². The lowest BCUT2D eigenvalue weighted by Crippen LogP contribution is -2.48. The molecule has 22 heavy (non-hydrogen) atoms. The van der Waals surface area contributed by atoms with Crippen LogP contribution in [0.2, 0.25) is 0 Å². The number of benzene rings is 1. The topological polar surface area (TPSA) is 37.4 Å². The van der Waals surface area contributed by atoms with E-state index in [1.54, 1.807) is 12.4 Å². The fourth-order valence-corrected chi connectivity index (χ4v) is 2.87. The Labute approximate surface area is 132 Å². The molecule has 0 saturated carbocycles. The molecule has 1 aliphatic heterocycles. The van der Waals surface area contributed by atoms with Crippen LogP contribution in [0.4, 0.5) is 0 Å². The first-order valence-electron chi connectivity index (χ1n) is 7.84. The Morgan fingerprint density at radius 1 is 1.36 bits per heavy atom. The van der Waals surface area contributed by atoms with Gasteiger partial charge >= 0.3 is 0 Å². The minimum absolute atomic E-state index is 0.572. The van der Waals surface area contributed by atoms with E-state index in [0.717, 1.165) is 43.2 Å². The Balaban J connectivity index is 1.66. The average Bonchev–Trinajstić information content (AvgIpc) is 2.51. The van der Waals surface area contributed by atoms with Crippen LogP contribution >= 0.6 is 0 Å². The third kappa shape index (κ3) is 3.84. The van der Waals surface area contributed by atoms with Gasteiger partial charge in [-0.05, 0) is 43.2 Å². The van der Waals surface area contributed by atoms with Crippen LogP contribution in [-0.2, 0) is 6.54 Å². The van der Waals surface area contributed by atoms with E-state index < -0.39 is 0 Å². The van der Waals surface area contributed by atoms with Crippen molar-refractivity contribution in [1.29, 1.82) is 0 Å². The molecular weight excluding hydrogens is 274 g/mol. The van der Waals surface area contributed by atoms with Gasteiger partial charge in [0, 0.05) is 38.4 Å². The molecule has 1 N–H and O–H groups in total. The van der Waals surface area contributed by atoms with Crippen LogP contribution < -0.4 is 10.1 Å². The molecule has 0 bridgehead atoms. The van der Waals surface area contributed by atoms with Gasteiger partial charge in [-0.3, -0.25) is 9.88 Å². The van der Waals surface area contributed by atoms with Gasteiger partial charge in [-0.2, -0.15) is 0 Å². The van der Waals surface area contributed by atoms with Gasteiger partial charge in [0.2, 0.25) is 0 Å². The zero-order valence-electron chi connectivity index (χ0n) is 13.2. The van der Waals surface area contributed by atoms with Crippen molar-refractivity contribution in [3.8, 4) is 11.5 Å². The second kappa shape index (κ2) is 6.90. The normalized spacial score (nSPS) is 19.1. The van der Waals surface area contributed by atoms with Gasteiger partial charge in [0.15, 0.2) is 0 Å². The summed E-state index contributed by atoms with van der Waals surface area (Å²) in [6.45, 7) is 8.62. The van der Waals surface area contributed by atoms with Gasteiger partial charge in [0.25, 0.3) is 0 Å². The molecule has 1 aliphatic rings. The van der Waals surface area contributed by atoms with E-state index >= 15 is 0 Å². The van der Waals surface area contributed by atoms with Crippen LogP contribution in [0.25, 0.3) is 0 Å². The zero-order chi connectivity index (χ0) is 15.4. The molecular formula is C18H23N3O. The van der Waals surface area contributed by atoms with Crippen molar-refractivity contribution in [3.63, 3.8) is 0 Å². The molecule has 2 heterocycles. The average molecular weight is 297 g/mol. The van der Waals surface area contributed by atoms with Gasteiger partial charge in [0.05, 0.1) is 6.20 Å². The van der Waals surface area contributed by atoms with Crippen LogP contribution in [0.1, 0.15) is 18.1 Å². The molecule has 4 heteroatoms. The SMILES string of the molecule is Cc1cc(CN2CCN[C@@H](C)C2)ccc1Oc1cccnc1. The molecule has 0 aliphatic carbocycles. The van der Waals surface area contributed by atoms with Crippen molar-refractivity contribution >= 4 is 0 Å². The maximum atomic E-state index is 5.89. The van der Waals surface area contributed by atoms with E-state index in [1.165, 1.54) is 5.56 Å². The van der Waals surface area contributed by atoms with E-state index in [9.17, 15) is 0 Å². The number of hydrogen-bond donors (Lipinski definition) is 1. The summed E-state index contributed by atoms with van der Waals surface area (Å²) in [5.41, 5.74) is 2.50. The summed E-state index contributed by atoms with van der Waals surface area (Å²) in [4.78, 5) is 6.57. The van der Waals surface area contributed by atoms with Crippen LogP contribution in [-0.4, -0.2) is 35.6 Å². The minimum atomic E-state index is 0.572. The highest BCUT2D eigenvalue weighted by Crippen LogP contribution is 2.25. The lowest BCUT2D eigenvalue weighted by molar-refractivity contribution is 0.199. The molecule has 1 saturated heterocycles. The standard InChI is InChI=1S/C18H23N3O/c1-14-10-16(13-21-9-8-20-15(2)12-21)5-6-18(14)22-17-4-3-7-19-11-17/h3-7,10-11,15,20H,8-9,12-13H2,1-2H3/t15-/m0/s1. The molecule has 1 aromatic heterocycles. The maximum absolute atomic E-state index is 5.89. The molecule has 0 amide bonds. The number of aromatic nitrogens is 1. The molecule has 0 radical (unpaired) electrons. The number of piperazine rings is 1. The highest BCUT2D eigenvalue weighted by molar-refractivity contribution is 5.39. The monoisotopic (exact) mass is 297 g/mol. The fraction of sp³-hybridized carbons (Fsp3) is 0.389. The quantitative estimate of drug-likeness (QED) is 0.941. The molecule has 1 atom stereocenters. The van der Waals surface area contributed by atoms with E-state index in [4.69, 9.17) is 4.74 Å². The van der Waals surface area contributed by atoms with Gasteiger partial charge in [-0.25, -0.2) is 0 Å². The van der Waals surface area contributed by atoms with E-state index in [1.807, 2.05) is 12.1 Å². The second-order valence-corrected chi connectivity index (χ2v) is 5.98. The van der Waals surface area contributed by atoms with Gasteiger partial charge in [-0.1, -0.05) is 12.1 Å². The highest BCUT2D eigenvalue weighted by Gasteiger charge is 2.15. The molecule has 116 valence electrons. The molecule has 1 fully saturated rings. The molecule has 3 rings (SSSR count). The Kier molecular flexibility index (Phi) is 4.71. The van der Waals surface area contributed by atoms with E-state index in [2.05, 4.69) is 47.2 Å². The highest BCUT2D eigenvalue weighted by atomic mass is 16.5. The number of rotatable bonds is 4. The van der Waals surface area contributed by atoms with Crippen LogP contribution in [0, 0.1) is 6.92 Å². The van der Waals surface area contributed by atoms with Gasteiger partial charge in [-0.15, -0.1) is 0 Å². The summed E-state index contributed by atoms with van der Waals surface area (Å²) in [6, 6.07) is 10.8. The summed E-state index contributed by atoms with van der Waals surface area (Å²) in [6.07, 6.45) is 3.48. The number of nitrogens with zero attached hydrogens (tertiary/aromatic N) is 2. The largest absolute Gasteiger partial charge is 0.455 e. The van der Waals surface area contributed by atoms with Crippen molar-refractivity contribution in [1.82, 2.24) is 15.2 Å². The Hall–Kier alpha value is -1.91. The van der Waals surface area contributed by atoms with Gasteiger partial charge in [0.1, 0.15) is 11.5 Å². The smallest absolute Gasteiger partial charge is 0.145 e. The second-order valence-electron chi connectivity index (χ2n) is 5.98. The molecule has 4 nitrogen and oxygen atoms in total. The van der Waals surface area contributed by atoms with Crippen molar-refractivity contribution in [3.05, 3.63) is 53.9 Å². The number of ether oxygens (including phenoxy) is 1.